The van der Waals surface area contributed by atoms with E-state index in [1.54, 1.807) is 24.3 Å². The Morgan fingerprint density at radius 1 is 1.19 bits per heavy atom. The highest BCUT2D eigenvalue weighted by molar-refractivity contribution is 7.22. The second-order valence-electron chi connectivity index (χ2n) is 6.05. The highest BCUT2D eigenvalue weighted by Gasteiger charge is 2.18. The number of anilines is 1. The molecule has 1 unspecified atom stereocenters. The second kappa shape index (κ2) is 7.85. The first kappa shape index (κ1) is 18.4. The number of nitrogens with zero attached hydrogens (tertiary/aromatic N) is 1. The smallest absolute Gasteiger partial charge is 0.228 e. The van der Waals surface area contributed by atoms with Crippen LogP contribution < -0.4 is 10.6 Å². The molecule has 2 amide bonds. The molecule has 0 aliphatic heterocycles. The zero-order valence-corrected chi connectivity index (χ0v) is 15.9. The number of halogens is 1. The van der Waals surface area contributed by atoms with E-state index in [-0.39, 0.29) is 18.2 Å². The molecule has 1 heterocycles. The van der Waals surface area contributed by atoms with Crippen molar-refractivity contribution in [1.82, 2.24) is 10.3 Å². The minimum atomic E-state index is -0.429. The summed E-state index contributed by atoms with van der Waals surface area (Å²) in [6, 6.07) is 12.6. The molecular weight excluding hydrogens is 370 g/mol. The molecule has 7 heteroatoms. The van der Waals surface area contributed by atoms with Crippen molar-refractivity contribution >= 4 is 50.1 Å². The van der Waals surface area contributed by atoms with E-state index in [0.29, 0.717) is 10.2 Å². The summed E-state index contributed by atoms with van der Waals surface area (Å²) in [5.41, 5.74) is 2.82. The molecule has 1 atom stereocenters. The molecule has 0 radical (unpaired) electrons. The molecule has 0 spiro atoms. The first-order valence-corrected chi connectivity index (χ1v) is 9.30. The first-order chi connectivity index (χ1) is 12.4. The van der Waals surface area contributed by atoms with Crippen molar-refractivity contribution in [2.45, 2.75) is 26.3 Å². The van der Waals surface area contributed by atoms with Gasteiger partial charge in [0.15, 0.2) is 5.13 Å². The van der Waals surface area contributed by atoms with Crippen LogP contribution in [0.3, 0.4) is 0 Å². The maximum Gasteiger partial charge on any atom is 0.228 e. The van der Waals surface area contributed by atoms with Gasteiger partial charge in [0.2, 0.25) is 11.8 Å². The van der Waals surface area contributed by atoms with Gasteiger partial charge in [0.05, 0.1) is 22.7 Å². The Bertz CT molecular complexity index is 953. The lowest BCUT2D eigenvalue weighted by Crippen LogP contribution is -2.29. The molecule has 26 heavy (non-hydrogen) atoms. The Hall–Kier alpha value is -2.44. The van der Waals surface area contributed by atoms with Gasteiger partial charge in [0, 0.05) is 11.9 Å². The quantitative estimate of drug-likeness (QED) is 0.678. The molecule has 0 saturated carbocycles. The Kier molecular flexibility index (Phi) is 5.54. The minimum absolute atomic E-state index is 0.107. The molecule has 1 aromatic heterocycles. The third kappa shape index (κ3) is 4.59. The number of amides is 2. The standard InChI is InChI=1S/C19H18ClN3O2S/c1-11-3-8-15-17(9-11)26-19(22-15)23-18(25)10-16(21-12(2)24)13-4-6-14(20)7-5-13/h3-9,16H,10H2,1-2H3,(H,21,24)(H,22,23,25). The van der Waals surface area contributed by atoms with Gasteiger partial charge in [0.1, 0.15) is 0 Å². The number of carbonyl (C=O) groups is 2. The van der Waals surface area contributed by atoms with Gasteiger partial charge in [-0.25, -0.2) is 4.98 Å². The number of aryl methyl sites for hydroxylation is 1. The van der Waals surface area contributed by atoms with Crippen molar-refractivity contribution in [2.75, 3.05) is 5.32 Å². The van der Waals surface area contributed by atoms with Crippen LogP contribution in [0.4, 0.5) is 5.13 Å². The van der Waals surface area contributed by atoms with Crippen molar-refractivity contribution in [3.63, 3.8) is 0 Å². The zero-order chi connectivity index (χ0) is 18.7. The lowest BCUT2D eigenvalue weighted by Gasteiger charge is -2.17. The fourth-order valence-corrected chi connectivity index (χ4v) is 3.74. The van der Waals surface area contributed by atoms with E-state index in [1.807, 2.05) is 25.1 Å². The first-order valence-electron chi connectivity index (χ1n) is 8.10. The summed E-state index contributed by atoms with van der Waals surface area (Å²) < 4.78 is 1.02. The average Bonchev–Trinajstić information content (AvgIpc) is 2.95. The van der Waals surface area contributed by atoms with Gasteiger partial charge >= 0.3 is 0 Å². The number of carbonyl (C=O) groups excluding carboxylic acids is 2. The molecule has 0 bridgehead atoms. The van der Waals surface area contributed by atoms with Gasteiger partial charge in [-0.05, 0) is 42.3 Å². The third-order valence-electron chi connectivity index (χ3n) is 3.83. The van der Waals surface area contributed by atoms with Gasteiger partial charge in [-0.3, -0.25) is 9.59 Å². The number of aromatic nitrogens is 1. The van der Waals surface area contributed by atoms with Gasteiger partial charge in [-0.1, -0.05) is 41.1 Å². The minimum Gasteiger partial charge on any atom is -0.349 e. The van der Waals surface area contributed by atoms with Gasteiger partial charge < -0.3 is 10.6 Å². The van der Waals surface area contributed by atoms with Crippen molar-refractivity contribution in [1.29, 1.82) is 0 Å². The number of hydrogen-bond acceptors (Lipinski definition) is 4. The normalized spacial score (nSPS) is 12.0. The lowest BCUT2D eigenvalue weighted by molar-refractivity contribution is -0.120. The summed E-state index contributed by atoms with van der Waals surface area (Å²) in [6.07, 6.45) is 0.107. The maximum atomic E-state index is 12.5. The van der Waals surface area contributed by atoms with E-state index < -0.39 is 6.04 Å². The van der Waals surface area contributed by atoms with E-state index >= 15 is 0 Å². The summed E-state index contributed by atoms with van der Waals surface area (Å²) in [5, 5.41) is 6.78. The Balaban J connectivity index is 1.73. The van der Waals surface area contributed by atoms with Gasteiger partial charge in [-0.2, -0.15) is 0 Å². The molecule has 2 N–H and O–H groups in total. The monoisotopic (exact) mass is 387 g/mol. The predicted molar refractivity (Wildman–Crippen MR) is 106 cm³/mol. The number of thiazole rings is 1. The number of hydrogen-bond donors (Lipinski definition) is 2. The van der Waals surface area contributed by atoms with Crippen LogP contribution in [0.5, 0.6) is 0 Å². The topological polar surface area (TPSA) is 71.1 Å². The number of nitrogens with one attached hydrogen (secondary N) is 2. The Labute approximate surface area is 160 Å². The highest BCUT2D eigenvalue weighted by atomic mass is 35.5. The molecule has 0 aliphatic rings. The third-order valence-corrected chi connectivity index (χ3v) is 5.02. The summed E-state index contributed by atoms with van der Waals surface area (Å²) >= 11 is 7.34. The lowest BCUT2D eigenvalue weighted by atomic mass is 10.0. The van der Waals surface area contributed by atoms with E-state index in [4.69, 9.17) is 11.6 Å². The van der Waals surface area contributed by atoms with Crippen LogP contribution in [0.25, 0.3) is 10.2 Å². The van der Waals surface area contributed by atoms with Crippen molar-refractivity contribution in [3.8, 4) is 0 Å². The number of benzene rings is 2. The molecule has 3 aromatic rings. The Morgan fingerprint density at radius 2 is 1.92 bits per heavy atom. The number of rotatable bonds is 5. The van der Waals surface area contributed by atoms with Crippen LogP contribution >= 0.6 is 22.9 Å². The van der Waals surface area contributed by atoms with Gasteiger partial charge in [0.25, 0.3) is 0 Å². The number of fused-ring (bicyclic) bond motifs is 1. The molecule has 0 aliphatic carbocycles. The molecule has 5 nitrogen and oxygen atoms in total. The van der Waals surface area contributed by atoms with E-state index in [1.165, 1.54) is 18.3 Å². The van der Waals surface area contributed by atoms with Crippen LogP contribution in [-0.4, -0.2) is 16.8 Å². The zero-order valence-electron chi connectivity index (χ0n) is 14.4. The molecule has 2 aromatic carbocycles. The summed E-state index contributed by atoms with van der Waals surface area (Å²) in [7, 11) is 0. The highest BCUT2D eigenvalue weighted by Crippen LogP contribution is 2.27. The van der Waals surface area contributed by atoms with Gasteiger partial charge in [-0.15, -0.1) is 0 Å². The molecule has 0 saturated heterocycles. The van der Waals surface area contributed by atoms with Crippen LogP contribution in [0.2, 0.25) is 5.02 Å². The Morgan fingerprint density at radius 3 is 2.62 bits per heavy atom. The molecule has 134 valence electrons. The van der Waals surface area contributed by atoms with E-state index in [0.717, 1.165) is 21.3 Å². The maximum absolute atomic E-state index is 12.5. The summed E-state index contributed by atoms with van der Waals surface area (Å²) in [6.45, 7) is 3.44. The molecule has 3 rings (SSSR count). The molecule has 0 fully saturated rings. The van der Waals surface area contributed by atoms with E-state index in [9.17, 15) is 9.59 Å². The summed E-state index contributed by atoms with van der Waals surface area (Å²) in [4.78, 5) is 28.4. The fourth-order valence-electron chi connectivity index (χ4n) is 2.63. The second-order valence-corrected chi connectivity index (χ2v) is 7.51. The van der Waals surface area contributed by atoms with E-state index in [2.05, 4.69) is 15.6 Å². The van der Waals surface area contributed by atoms with Crippen LogP contribution in [0, 0.1) is 6.92 Å². The largest absolute Gasteiger partial charge is 0.349 e. The van der Waals surface area contributed by atoms with Crippen LogP contribution in [0.15, 0.2) is 42.5 Å². The summed E-state index contributed by atoms with van der Waals surface area (Å²) in [5.74, 6) is -0.414. The van der Waals surface area contributed by atoms with Crippen molar-refractivity contribution in [2.24, 2.45) is 0 Å². The van der Waals surface area contributed by atoms with Crippen molar-refractivity contribution < 1.29 is 9.59 Å². The SMILES string of the molecule is CC(=O)NC(CC(=O)Nc1nc2ccc(C)cc2s1)c1ccc(Cl)cc1. The fraction of sp³-hybridized carbons (Fsp3) is 0.211. The predicted octanol–water partition coefficient (Wildman–Crippen LogP) is 4.46. The average molecular weight is 388 g/mol. The molecular formula is C19H18ClN3O2S. The van der Waals surface area contributed by atoms with Crippen molar-refractivity contribution in [3.05, 3.63) is 58.6 Å². The van der Waals surface area contributed by atoms with Crippen LogP contribution in [-0.2, 0) is 9.59 Å². The van der Waals surface area contributed by atoms with Crippen LogP contribution in [0.1, 0.15) is 30.5 Å².